The smallest absolute Gasteiger partial charge is 0.330 e. The molecule has 0 aromatic carbocycles. The fourth-order valence-corrected chi connectivity index (χ4v) is 3.88. The van der Waals surface area contributed by atoms with E-state index in [4.69, 9.17) is 10.5 Å². The molecule has 2 aliphatic heterocycles. The van der Waals surface area contributed by atoms with Crippen LogP contribution in [0.5, 0.6) is 0 Å². The SMILES string of the molecule is CCOC(=O)/C=C/[C@H](C[C@@H]1CCNC1=O)NC(=O)[C@H](CC(C)C)N1CCC(N)C1=O. The van der Waals surface area contributed by atoms with Crippen molar-refractivity contribution in [1.82, 2.24) is 15.5 Å². The molecule has 3 amide bonds. The predicted octanol–water partition coefficient (Wildman–Crippen LogP) is 0.0910. The molecule has 0 spiro atoms. The molecule has 1 unspecified atom stereocenters. The summed E-state index contributed by atoms with van der Waals surface area (Å²) < 4.78 is 4.91. The van der Waals surface area contributed by atoms with Crippen molar-refractivity contribution in [1.29, 1.82) is 0 Å². The molecular weight excluding hydrogens is 388 g/mol. The summed E-state index contributed by atoms with van der Waals surface area (Å²) >= 11 is 0. The van der Waals surface area contributed by atoms with Crippen molar-refractivity contribution in [2.75, 3.05) is 19.7 Å². The topological polar surface area (TPSA) is 131 Å². The van der Waals surface area contributed by atoms with Crippen LogP contribution in [0.15, 0.2) is 12.2 Å². The Kier molecular flexibility index (Phi) is 8.83. The van der Waals surface area contributed by atoms with E-state index in [1.807, 2.05) is 13.8 Å². The molecule has 2 saturated heterocycles. The first kappa shape index (κ1) is 23.9. The van der Waals surface area contributed by atoms with Gasteiger partial charge in [0.15, 0.2) is 0 Å². The van der Waals surface area contributed by atoms with E-state index in [9.17, 15) is 19.2 Å². The van der Waals surface area contributed by atoms with Crippen molar-refractivity contribution in [2.45, 2.75) is 64.6 Å². The highest BCUT2D eigenvalue weighted by atomic mass is 16.5. The van der Waals surface area contributed by atoms with E-state index in [1.165, 1.54) is 6.08 Å². The van der Waals surface area contributed by atoms with E-state index in [-0.39, 0.29) is 36.2 Å². The van der Waals surface area contributed by atoms with Crippen LogP contribution in [0.2, 0.25) is 0 Å². The molecule has 2 rings (SSSR count). The number of nitrogens with one attached hydrogen (secondary N) is 2. The maximum atomic E-state index is 13.2. The van der Waals surface area contributed by atoms with Crippen molar-refractivity contribution in [3.63, 3.8) is 0 Å². The molecular formula is C21H34N4O5. The zero-order valence-corrected chi connectivity index (χ0v) is 18.1. The number of rotatable bonds is 10. The van der Waals surface area contributed by atoms with Gasteiger partial charge < -0.3 is 26.0 Å². The number of nitrogens with two attached hydrogens (primary N) is 1. The molecule has 4 atom stereocenters. The molecule has 2 fully saturated rings. The number of likely N-dealkylation sites (tertiary alicyclic amines) is 1. The summed E-state index contributed by atoms with van der Waals surface area (Å²) in [4.78, 5) is 50.9. The van der Waals surface area contributed by atoms with Gasteiger partial charge >= 0.3 is 5.97 Å². The summed E-state index contributed by atoms with van der Waals surface area (Å²) in [5.41, 5.74) is 5.84. The van der Waals surface area contributed by atoms with Gasteiger partial charge in [0, 0.05) is 31.1 Å². The molecule has 0 saturated carbocycles. The Morgan fingerprint density at radius 3 is 2.60 bits per heavy atom. The molecule has 2 heterocycles. The quantitative estimate of drug-likeness (QED) is 0.338. The minimum Gasteiger partial charge on any atom is -0.463 e. The van der Waals surface area contributed by atoms with Gasteiger partial charge in [0.1, 0.15) is 6.04 Å². The van der Waals surface area contributed by atoms with Gasteiger partial charge in [0.2, 0.25) is 17.7 Å². The van der Waals surface area contributed by atoms with Crippen LogP contribution in [0.1, 0.15) is 46.5 Å². The van der Waals surface area contributed by atoms with Gasteiger partial charge in [0.25, 0.3) is 0 Å². The molecule has 4 N–H and O–H groups in total. The molecule has 9 heteroatoms. The van der Waals surface area contributed by atoms with Crippen LogP contribution in [0.4, 0.5) is 0 Å². The highest BCUT2D eigenvalue weighted by Gasteiger charge is 2.38. The van der Waals surface area contributed by atoms with Gasteiger partial charge in [-0.1, -0.05) is 19.9 Å². The molecule has 168 valence electrons. The molecule has 0 aromatic heterocycles. The molecule has 30 heavy (non-hydrogen) atoms. The second-order valence-corrected chi connectivity index (χ2v) is 8.31. The molecule has 0 bridgehead atoms. The van der Waals surface area contributed by atoms with Gasteiger partial charge in [-0.25, -0.2) is 4.79 Å². The number of amides is 3. The van der Waals surface area contributed by atoms with Gasteiger partial charge in [-0.3, -0.25) is 14.4 Å². The number of nitrogens with zero attached hydrogens (tertiary/aromatic N) is 1. The van der Waals surface area contributed by atoms with E-state index in [0.29, 0.717) is 38.8 Å². The van der Waals surface area contributed by atoms with Gasteiger partial charge in [-0.15, -0.1) is 0 Å². The molecule has 0 aromatic rings. The summed E-state index contributed by atoms with van der Waals surface area (Å²) in [6.07, 6.45) is 4.90. The first-order chi connectivity index (χ1) is 14.2. The molecule has 2 aliphatic rings. The van der Waals surface area contributed by atoms with Crippen molar-refractivity contribution >= 4 is 23.7 Å². The van der Waals surface area contributed by atoms with Crippen LogP contribution in [-0.4, -0.2) is 66.4 Å². The van der Waals surface area contributed by atoms with Gasteiger partial charge in [0.05, 0.1) is 12.6 Å². The van der Waals surface area contributed by atoms with E-state index in [2.05, 4.69) is 10.6 Å². The third-order valence-electron chi connectivity index (χ3n) is 5.43. The Morgan fingerprint density at radius 1 is 1.33 bits per heavy atom. The monoisotopic (exact) mass is 422 g/mol. The summed E-state index contributed by atoms with van der Waals surface area (Å²) in [5.74, 6) is -1.13. The van der Waals surface area contributed by atoms with Crippen molar-refractivity contribution in [2.24, 2.45) is 17.6 Å². The van der Waals surface area contributed by atoms with Gasteiger partial charge in [-0.2, -0.15) is 0 Å². The van der Waals surface area contributed by atoms with E-state index >= 15 is 0 Å². The van der Waals surface area contributed by atoms with Crippen LogP contribution >= 0.6 is 0 Å². The summed E-state index contributed by atoms with van der Waals surface area (Å²) in [5, 5.41) is 5.72. The third kappa shape index (κ3) is 6.55. The summed E-state index contributed by atoms with van der Waals surface area (Å²) in [6, 6.07) is -1.74. The lowest BCUT2D eigenvalue weighted by molar-refractivity contribution is -0.138. The highest BCUT2D eigenvalue weighted by molar-refractivity contribution is 5.91. The van der Waals surface area contributed by atoms with Crippen LogP contribution in [0, 0.1) is 11.8 Å². The lowest BCUT2D eigenvalue weighted by Crippen LogP contribution is -2.52. The summed E-state index contributed by atoms with van der Waals surface area (Å²) in [6.45, 7) is 6.98. The second-order valence-electron chi connectivity index (χ2n) is 8.31. The average Bonchev–Trinajstić information content (AvgIpc) is 3.23. The number of carbonyl (C=O) groups excluding carboxylic acids is 4. The number of hydrogen-bond acceptors (Lipinski definition) is 6. The van der Waals surface area contributed by atoms with Crippen LogP contribution in [0.3, 0.4) is 0 Å². The minimum absolute atomic E-state index is 0.0572. The lowest BCUT2D eigenvalue weighted by Gasteiger charge is -2.30. The number of esters is 1. The Hall–Kier alpha value is -2.42. The van der Waals surface area contributed by atoms with Crippen LogP contribution in [-0.2, 0) is 23.9 Å². The van der Waals surface area contributed by atoms with Crippen LogP contribution < -0.4 is 16.4 Å². The summed E-state index contributed by atoms with van der Waals surface area (Å²) in [7, 11) is 0. The first-order valence-corrected chi connectivity index (χ1v) is 10.7. The molecule has 0 radical (unpaired) electrons. The fourth-order valence-electron chi connectivity index (χ4n) is 3.88. The fraction of sp³-hybridized carbons (Fsp3) is 0.714. The zero-order valence-electron chi connectivity index (χ0n) is 18.1. The maximum Gasteiger partial charge on any atom is 0.330 e. The molecule has 0 aliphatic carbocycles. The van der Waals surface area contributed by atoms with E-state index in [1.54, 1.807) is 17.9 Å². The van der Waals surface area contributed by atoms with Crippen LogP contribution in [0.25, 0.3) is 0 Å². The largest absolute Gasteiger partial charge is 0.463 e. The van der Waals surface area contributed by atoms with Crippen molar-refractivity contribution in [3.8, 4) is 0 Å². The third-order valence-corrected chi connectivity index (χ3v) is 5.43. The molecule has 9 nitrogen and oxygen atoms in total. The Balaban J connectivity index is 2.14. The normalized spacial score (nSPS) is 23.7. The number of carbonyl (C=O) groups is 4. The van der Waals surface area contributed by atoms with E-state index < -0.39 is 24.1 Å². The Bertz CT molecular complexity index is 678. The standard InChI is InChI=1S/C21H34N4O5/c1-4-30-18(26)6-5-15(12-14-7-9-23-19(14)27)24-20(28)17(11-13(2)3)25-10-8-16(22)21(25)29/h5-6,13-17H,4,7-12,22H2,1-3H3,(H,23,27)(H,24,28)/b6-5+/t14-,15+,16?,17-/m0/s1. The number of ether oxygens (including phenoxy) is 1. The van der Waals surface area contributed by atoms with Crippen molar-refractivity contribution < 1.29 is 23.9 Å². The first-order valence-electron chi connectivity index (χ1n) is 10.7. The minimum atomic E-state index is -0.637. The Labute approximate surface area is 177 Å². The maximum absolute atomic E-state index is 13.2. The lowest BCUT2D eigenvalue weighted by atomic mass is 9.96. The van der Waals surface area contributed by atoms with E-state index in [0.717, 1.165) is 0 Å². The zero-order chi connectivity index (χ0) is 22.3. The number of hydrogen-bond donors (Lipinski definition) is 3. The Morgan fingerprint density at radius 2 is 2.07 bits per heavy atom. The van der Waals surface area contributed by atoms with Crippen molar-refractivity contribution in [3.05, 3.63) is 12.2 Å². The predicted molar refractivity (Wildman–Crippen MR) is 111 cm³/mol. The average molecular weight is 423 g/mol. The highest BCUT2D eigenvalue weighted by Crippen LogP contribution is 2.21. The van der Waals surface area contributed by atoms with Gasteiger partial charge in [-0.05, 0) is 38.5 Å². The second kappa shape index (κ2) is 11.1.